The number of rotatable bonds is 1. The quantitative estimate of drug-likeness (QED) is 0.767. The lowest BCUT2D eigenvalue weighted by atomic mass is 10.0. The van der Waals surface area contributed by atoms with Gasteiger partial charge < -0.3 is 5.11 Å². The van der Waals surface area contributed by atoms with Gasteiger partial charge in [-0.05, 0) is 36.2 Å². The zero-order valence-corrected chi connectivity index (χ0v) is 8.74. The molecule has 0 saturated carbocycles. The van der Waals surface area contributed by atoms with Crippen LogP contribution in [0.2, 0.25) is 0 Å². The van der Waals surface area contributed by atoms with Crippen LogP contribution in [0.3, 0.4) is 0 Å². The SMILES string of the molecule is Cc1ccc2cc(C(=O)O)c(C)cc2c1. The fourth-order valence-electron chi connectivity index (χ4n) is 1.76. The number of benzene rings is 2. The van der Waals surface area contributed by atoms with Gasteiger partial charge in [-0.15, -0.1) is 0 Å². The molecule has 2 nitrogen and oxygen atoms in total. The summed E-state index contributed by atoms with van der Waals surface area (Å²) in [5.74, 6) is -0.866. The van der Waals surface area contributed by atoms with Crippen molar-refractivity contribution in [3.05, 3.63) is 47.0 Å². The van der Waals surface area contributed by atoms with Gasteiger partial charge in [0.1, 0.15) is 0 Å². The molecule has 2 heteroatoms. The van der Waals surface area contributed by atoms with E-state index in [0.29, 0.717) is 5.56 Å². The van der Waals surface area contributed by atoms with Crippen LogP contribution in [0.1, 0.15) is 21.5 Å². The molecule has 0 spiro atoms. The highest BCUT2D eigenvalue weighted by molar-refractivity contribution is 5.96. The standard InChI is InChI=1S/C13H12O2/c1-8-3-4-10-7-12(13(14)15)9(2)6-11(10)5-8/h3-7H,1-2H3,(H,14,15). The molecule has 0 aliphatic rings. The summed E-state index contributed by atoms with van der Waals surface area (Å²) in [5, 5.41) is 11.1. The fraction of sp³-hybridized carbons (Fsp3) is 0.154. The summed E-state index contributed by atoms with van der Waals surface area (Å²) < 4.78 is 0. The Bertz CT molecular complexity index is 541. The normalized spacial score (nSPS) is 10.5. The molecule has 0 amide bonds. The second-order valence-electron chi connectivity index (χ2n) is 3.82. The Balaban J connectivity index is 2.76. The number of aryl methyl sites for hydroxylation is 2. The maximum Gasteiger partial charge on any atom is 0.335 e. The van der Waals surface area contributed by atoms with Crippen LogP contribution in [-0.2, 0) is 0 Å². The van der Waals surface area contributed by atoms with Gasteiger partial charge in [-0.1, -0.05) is 29.8 Å². The van der Waals surface area contributed by atoms with E-state index >= 15 is 0 Å². The molecule has 1 N–H and O–H groups in total. The van der Waals surface area contributed by atoms with Gasteiger partial charge in [0.15, 0.2) is 0 Å². The third-order valence-corrected chi connectivity index (χ3v) is 2.57. The minimum Gasteiger partial charge on any atom is -0.478 e. The fourth-order valence-corrected chi connectivity index (χ4v) is 1.76. The van der Waals surface area contributed by atoms with Crippen molar-refractivity contribution in [2.24, 2.45) is 0 Å². The lowest BCUT2D eigenvalue weighted by molar-refractivity contribution is 0.0696. The number of hydrogen-bond acceptors (Lipinski definition) is 1. The predicted molar refractivity (Wildman–Crippen MR) is 60.4 cm³/mol. The molecule has 0 saturated heterocycles. The highest BCUT2D eigenvalue weighted by Crippen LogP contribution is 2.20. The van der Waals surface area contributed by atoms with Crippen LogP contribution in [0, 0.1) is 13.8 Å². The van der Waals surface area contributed by atoms with Crippen LogP contribution in [0.4, 0.5) is 0 Å². The van der Waals surface area contributed by atoms with E-state index in [-0.39, 0.29) is 0 Å². The van der Waals surface area contributed by atoms with Crippen LogP contribution in [0.25, 0.3) is 10.8 Å². The number of aromatic carboxylic acids is 1. The molecule has 15 heavy (non-hydrogen) atoms. The van der Waals surface area contributed by atoms with Crippen molar-refractivity contribution in [1.29, 1.82) is 0 Å². The van der Waals surface area contributed by atoms with Crippen molar-refractivity contribution in [3.8, 4) is 0 Å². The molecular formula is C13H12O2. The van der Waals surface area contributed by atoms with Gasteiger partial charge in [0.25, 0.3) is 0 Å². The number of carbonyl (C=O) groups is 1. The topological polar surface area (TPSA) is 37.3 Å². The number of hydrogen-bond donors (Lipinski definition) is 1. The molecule has 0 aliphatic carbocycles. The zero-order chi connectivity index (χ0) is 11.0. The molecule has 76 valence electrons. The highest BCUT2D eigenvalue weighted by atomic mass is 16.4. The van der Waals surface area contributed by atoms with E-state index < -0.39 is 5.97 Å². The third kappa shape index (κ3) is 1.71. The van der Waals surface area contributed by atoms with E-state index in [0.717, 1.165) is 16.3 Å². The van der Waals surface area contributed by atoms with Gasteiger partial charge in [0.2, 0.25) is 0 Å². The van der Waals surface area contributed by atoms with Crippen LogP contribution >= 0.6 is 0 Å². The predicted octanol–water partition coefficient (Wildman–Crippen LogP) is 3.15. The van der Waals surface area contributed by atoms with Crippen molar-refractivity contribution in [3.63, 3.8) is 0 Å². The van der Waals surface area contributed by atoms with E-state index in [1.165, 1.54) is 5.56 Å². The van der Waals surface area contributed by atoms with Crippen LogP contribution in [0.5, 0.6) is 0 Å². The summed E-state index contributed by atoms with van der Waals surface area (Å²) >= 11 is 0. The average molecular weight is 200 g/mol. The first-order valence-electron chi connectivity index (χ1n) is 4.82. The Morgan fingerprint density at radius 3 is 2.47 bits per heavy atom. The summed E-state index contributed by atoms with van der Waals surface area (Å²) in [4.78, 5) is 10.9. The Morgan fingerprint density at radius 2 is 1.80 bits per heavy atom. The van der Waals surface area contributed by atoms with E-state index in [1.807, 2.05) is 32.0 Å². The molecule has 0 atom stereocenters. The Kier molecular flexibility index (Phi) is 2.19. The molecule has 0 aromatic heterocycles. The Labute approximate surface area is 88.2 Å². The van der Waals surface area contributed by atoms with E-state index in [1.54, 1.807) is 6.07 Å². The molecular weight excluding hydrogens is 188 g/mol. The van der Waals surface area contributed by atoms with Crippen LogP contribution < -0.4 is 0 Å². The van der Waals surface area contributed by atoms with Gasteiger partial charge in [-0.2, -0.15) is 0 Å². The zero-order valence-electron chi connectivity index (χ0n) is 8.74. The largest absolute Gasteiger partial charge is 0.478 e. The first-order chi connectivity index (χ1) is 7.08. The lowest BCUT2D eigenvalue weighted by Crippen LogP contribution is -1.99. The number of carboxylic acids is 1. The summed E-state index contributed by atoms with van der Waals surface area (Å²) in [6, 6.07) is 9.66. The van der Waals surface area contributed by atoms with Gasteiger partial charge in [-0.25, -0.2) is 4.79 Å². The first kappa shape index (κ1) is 9.71. The second kappa shape index (κ2) is 3.39. The highest BCUT2D eigenvalue weighted by Gasteiger charge is 2.07. The minimum absolute atomic E-state index is 0.381. The van der Waals surface area contributed by atoms with Gasteiger partial charge in [0.05, 0.1) is 5.56 Å². The maximum atomic E-state index is 10.9. The van der Waals surface area contributed by atoms with E-state index in [2.05, 4.69) is 6.07 Å². The number of carboxylic acid groups (broad SMARTS) is 1. The van der Waals surface area contributed by atoms with Crippen LogP contribution in [0.15, 0.2) is 30.3 Å². The smallest absolute Gasteiger partial charge is 0.335 e. The number of fused-ring (bicyclic) bond motifs is 1. The Morgan fingerprint density at radius 1 is 1.07 bits per heavy atom. The van der Waals surface area contributed by atoms with Gasteiger partial charge in [0, 0.05) is 0 Å². The van der Waals surface area contributed by atoms with Gasteiger partial charge in [-0.3, -0.25) is 0 Å². The summed E-state index contributed by atoms with van der Waals surface area (Å²) in [7, 11) is 0. The van der Waals surface area contributed by atoms with Crippen molar-refractivity contribution >= 4 is 16.7 Å². The summed E-state index contributed by atoms with van der Waals surface area (Å²) in [6.45, 7) is 3.85. The minimum atomic E-state index is -0.866. The summed E-state index contributed by atoms with van der Waals surface area (Å²) in [6.07, 6.45) is 0. The molecule has 2 rings (SSSR count). The monoisotopic (exact) mass is 200 g/mol. The molecule has 0 fully saturated rings. The van der Waals surface area contributed by atoms with Crippen molar-refractivity contribution < 1.29 is 9.90 Å². The molecule has 2 aromatic rings. The molecule has 0 heterocycles. The molecule has 0 aliphatic heterocycles. The average Bonchev–Trinajstić information content (AvgIpc) is 2.15. The van der Waals surface area contributed by atoms with E-state index in [9.17, 15) is 4.79 Å². The van der Waals surface area contributed by atoms with Crippen molar-refractivity contribution in [2.75, 3.05) is 0 Å². The van der Waals surface area contributed by atoms with E-state index in [4.69, 9.17) is 5.11 Å². The maximum absolute atomic E-state index is 10.9. The summed E-state index contributed by atoms with van der Waals surface area (Å²) in [5.41, 5.74) is 2.37. The molecule has 0 bridgehead atoms. The third-order valence-electron chi connectivity index (χ3n) is 2.57. The molecule has 2 aromatic carbocycles. The second-order valence-corrected chi connectivity index (χ2v) is 3.82. The van der Waals surface area contributed by atoms with Gasteiger partial charge >= 0.3 is 5.97 Å². The first-order valence-corrected chi connectivity index (χ1v) is 4.82. The Hall–Kier alpha value is -1.83. The molecule has 0 radical (unpaired) electrons. The lowest BCUT2D eigenvalue weighted by Gasteiger charge is -2.05. The molecule has 0 unspecified atom stereocenters. The van der Waals surface area contributed by atoms with Crippen molar-refractivity contribution in [1.82, 2.24) is 0 Å². The van der Waals surface area contributed by atoms with Crippen LogP contribution in [-0.4, -0.2) is 11.1 Å². The van der Waals surface area contributed by atoms with Crippen molar-refractivity contribution in [2.45, 2.75) is 13.8 Å².